The molecule has 2 aromatic rings. The Morgan fingerprint density at radius 1 is 1.17 bits per heavy atom. The van der Waals surface area contributed by atoms with Crippen LogP contribution in [0.3, 0.4) is 0 Å². The largest absolute Gasteiger partial charge is 0.497 e. The molecule has 0 unspecified atom stereocenters. The highest BCUT2D eigenvalue weighted by Gasteiger charge is 2.24. The maximum absolute atomic E-state index is 6.16. The van der Waals surface area contributed by atoms with Crippen molar-refractivity contribution in [3.8, 4) is 17.2 Å². The summed E-state index contributed by atoms with van der Waals surface area (Å²) in [6, 6.07) is 7.92. The second-order valence-electron chi connectivity index (χ2n) is 5.75. The molecule has 1 aromatic heterocycles. The Hall–Kier alpha value is -1.77. The van der Waals surface area contributed by atoms with E-state index in [-0.39, 0.29) is 0 Å². The van der Waals surface area contributed by atoms with E-state index in [1.807, 2.05) is 38.1 Å². The van der Waals surface area contributed by atoms with Gasteiger partial charge in [-0.25, -0.2) is 4.98 Å². The summed E-state index contributed by atoms with van der Waals surface area (Å²) in [6.07, 6.45) is 7.37. The number of aromatic nitrogens is 1. The van der Waals surface area contributed by atoms with Crippen molar-refractivity contribution in [2.75, 3.05) is 7.11 Å². The Morgan fingerprint density at radius 3 is 2.57 bits per heavy atom. The summed E-state index contributed by atoms with van der Waals surface area (Å²) < 4.78 is 11.5. The van der Waals surface area contributed by atoms with Crippen molar-refractivity contribution in [3.63, 3.8) is 0 Å². The van der Waals surface area contributed by atoms with Crippen molar-refractivity contribution in [1.82, 2.24) is 4.98 Å². The van der Waals surface area contributed by atoms with E-state index in [0.717, 1.165) is 35.1 Å². The number of benzene rings is 1. The molecule has 1 fully saturated rings. The standard InChI is InChI=1S/C18H23NO2.C2H6/c1-3-16-17(13-8-5-4-6-9-13)21-18(19-16)14-10-7-11-15(12-14)20-2;1-2/h7,10-13H,3-6,8-9H2,1-2H3;1-2H3. The van der Waals surface area contributed by atoms with Gasteiger partial charge in [0.2, 0.25) is 5.89 Å². The van der Waals surface area contributed by atoms with Crippen molar-refractivity contribution in [1.29, 1.82) is 0 Å². The summed E-state index contributed by atoms with van der Waals surface area (Å²) in [7, 11) is 1.68. The first-order valence-electron chi connectivity index (χ1n) is 8.96. The van der Waals surface area contributed by atoms with Crippen LogP contribution in [-0.4, -0.2) is 12.1 Å². The molecule has 1 aromatic carbocycles. The molecule has 126 valence electrons. The molecule has 0 radical (unpaired) electrons. The lowest BCUT2D eigenvalue weighted by atomic mass is 9.86. The van der Waals surface area contributed by atoms with E-state index in [4.69, 9.17) is 14.1 Å². The van der Waals surface area contributed by atoms with E-state index in [0.29, 0.717) is 5.92 Å². The average Bonchev–Trinajstić information content (AvgIpc) is 3.08. The molecule has 0 amide bonds. The number of hydrogen-bond donors (Lipinski definition) is 0. The van der Waals surface area contributed by atoms with Gasteiger partial charge in [-0.05, 0) is 37.5 Å². The molecule has 23 heavy (non-hydrogen) atoms. The van der Waals surface area contributed by atoms with E-state index in [9.17, 15) is 0 Å². The predicted molar refractivity (Wildman–Crippen MR) is 95.0 cm³/mol. The van der Waals surface area contributed by atoms with Crippen LogP contribution in [0.1, 0.15) is 70.2 Å². The Morgan fingerprint density at radius 2 is 1.91 bits per heavy atom. The van der Waals surface area contributed by atoms with Crippen LogP contribution in [0, 0.1) is 0 Å². The van der Waals surface area contributed by atoms with E-state index in [1.54, 1.807) is 7.11 Å². The molecule has 0 bridgehead atoms. The van der Waals surface area contributed by atoms with Crippen LogP contribution in [-0.2, 0) is 6.42 Å². The number of aryl methyl sites for hydroxylation is 1. The number of oxazole rings is 1. The maximum Gasteiger partial charge on any atom is 0.226 e. The SMILES string of the molecule is CC.CCc1nc(-c2cccc(OC)c2)oc1C1CCCCC1. The van der Waals surface area contributed by atoms with Crippen LogP contribution < -0.4 is 4.74 Å². The number of methoxy groups -OCH3 is 1. The number of hydrogen-bond acceptors (Lipinski definition) is 3. The van der Waals surface area contributed by atoms with Crippen LogP contribution >= 0.6 is 0 Å². The van der Waals surface area contributed by atoms with Gasteiger partial charge in [0.25, 0.3) is 0 Å². The van der Waals surface area contributed by atoms with Gasteiger partial charge in [0.1, 0.15) is 11.5 Å². The molecule has 0 N–H and O–H groups in total. The lowest BCUT2D eigenvalue weighted by Crippen LogP contribution is -2.05. The third-order valence-electron chi connectivity index (χ3n) is 4.36. The zero-order valence-corrected chi connectivity index (χ0v) is 14.9. The molecule has 0 aliphatic heterocycles. The molecular weight excluding hydrogens is 286 g/mol. The first kappa shape index (κ1) is 17.6. The minimum absolute atomic E-state index is 0.556. The van der Waals surface area contributed by atoms with E-state index >= 15 is 0 Å². The first-order chi connectivity index (χ1) is 11.3. The summed E-state index contributed by atoms with van der Waals surface area (Å²) in [5.74, 6) is 3.24. The zero-order chi connectivity index (χ0) is 16.7. The van der Waals surface area contributed by atoms with Crippen LogP contribution in [0.5, 0.6) is 5.75 Å². The van der Waals surface area contributed by atoms with E-state index in [1.165, 1.54) is 32.1 Å². The fourth-order valence-corrected chi connectivity index (χ4v) is 3.18. The second kappa shape index (κ2) is 8.76. The Kier molecular flexibility index (Phi) is 6.69. The molecule has 1 heterocycles. The number of ether oxygens (including phenoxy) is 1. The summed E-state index contributed by atoms with van der Waals surface area (Å²) >= 11 is 0. The fraction of sp³-hybridized carbons (Fsp3) is 0.550. The van der Waals surface area contributed by atoms with Crippen LogP contribution in [0.2, 0.25) is 0 Å². The van der Waals surface area contributed by atoms with Crippen molar-refractivity contribution >= 4 is 0 Å². The lowest BCUT2D eigenvalue weighted by Gasteiger charge is -2.19. The minimum Gasteiger partial charge on any atom is -0.497 e. The molecule has 3 rings (SSSR count). The van der Waals surface area contributed by atoms with Crippen molar-refractivity contribution < 1.29 is 9.15 Å². The second-order valence-corrected chi connectivity index (χ2v) is 5.75. The van der Waals surface area contributed by atoms with Gasteiger partial charge in [0, 0.05) is 11.5 Å². The van der Waals surface area contributed by atoms with E-state index < -0.39 is 0 Å². The van der Waals surface area contributed by atoms with Gasteiger partial charge < -0.3 is 9.15 Å². The van der Waals surface area contributed by atoms with Gasteiger partial charge in [0.05, 0.1) is 12.8 Å². The number of rotatable bonds is 4. The summed E-state index contributed by atoms with van der Waals surface area (Å²) in [5, 5.41) is 0. The molecule has 1 aliphatic rings. The van der Waals surface area contributed by atoms with Crippen molar-refractivity contribution in [3.05, 3.63) is 35.7 Å². The summed E-state index contributed by atoms with van der Waals surface area (Å²) in [5.41, 5.74) is 2.12. The first-order valence-corrected chi connectivity index (χ1v) is 8.96. The van der Waals surface area contributed by atoms with Gasteiger partial charge in [-0.15, -0.1) is 0 Å². The average molecular weight is 315 g/mol. The maximum atomic E-state index is 6.16. The summed E-state index contributed by atoms with van der Waals surface area (Å²) in [6.45, 7) is 6.15. The molecule has 1 aliphatic carbocycles. The Bertz CT molecular complexity index is 597. The quantitative estimate of drug-likeness (QED) is 0.695. The molecule has 3 heteroatoms. The van der Waals surface area contributed by atoms with Crippen LogP contribution in [0.25, 0.3) is 11.5 Å². The zero-order valence-electron chi connectivity index (χ0n) is 14.9. The highest BCUT2D eigenvalue weighted by atomic mass is 16.5. The van der Waals surface area contributed by atoms with Crippen molar-refractivity contribution in [2.45, 2.75) is 65.2 Å². The highest BCUT2D eigenvalue weighted by Crippen LogP contribution is 2.37. The molecule has 3 nitrogen and oxygen atoms in total. The van der Waals surface area contributed by atoms with Gasteiger partial charge in [-0.2, -0.15) is 0 Å². The molecule has 1 saturated carbocycles. The van der Waals surface area contributed by atoms with Gasteiger partial charge >= 0.3 is 0 Å². The topological polar surface area (TPSA) is 35.3 Å². The molecule has 0 saturated heterocycles. The summed E-state index contributed by atoms with van der Waals surface area (Å²) in [4.78, 5) is 4.73. The predicted octanol–water partition coefficient (Wildman–Crippen LogP) is 5.99. The monoisotopic (exact) mass is 315 g/mol. The Labute approximate surface area is 140 Å². The van der Waals surface area contributed by atoms with E-state index in [2.05, 4.69) is 6.92 Å². The van der Waals surface area contributed by atoms with Crippen LogP contribution in [0.15, 0.2) is 28.7 Å². The van der Waals surface area contributed by atoms with Crippen LogP contribution in [0.4, 0.5) is 0 Å². The third-order valence-corrected chi connectivity index (χ3v) is 4.36. The normalized spacial score (nSPS) is 15.0. The van der Waals surface area contributed by atoms with Gasteiger partial charge in [0.15, 0.2) is 0 Å². The number of nitrogens with zero attached hydrogens (tertiary/aromatic N) is 1. The lowest BCUT2D eigenvalue weighted by molar-refractivity contribution is 0.375. The molecular formula is C20H29NO2. The Balaban J connectivity index is 0.000000924. The molecule has 0 spiro atoms. The minimum atomic E-state index is 0.556. The fourth-order valence-electron chi connectivity index (χ4n) is 3.18. The molecule has 0 atom stereocenters. The van der Waals surface area contributed by atoms with Gasteiger partial charge in [-0.3, -0.25) is 0 Å². The third kappa shape index (κ3) is 4.15. The van der Waals surface area contributed by atoms with Crippen molar-refractivity contribution in [2.24, 2.45) is 0 Å². The smallest absolute Gasteiger partial charge is 0.226 e. The van der Waals surface area contributed by atoms with Gasteiger partial charge in [-0.1, -0.05) is 46.1 Å². The highest BCUT2D eigenvalue weighted by molar-refractivity contribution is 5.56.